The standard InChI is InChI=1S/C15H30N2S/c1-11(2)10-17(6-5-15(16)18)14-8-12(3)7-13(4)9-14/h11-14H,5-10H2,1-4H3,(H2,16,18). The van der Waals surface area contributed by atoms with E-state index in [4.69, 9.17) is 18.0 Å². The Bertz CT molecular complexity index is 255. The predicted molar refractivity (Wildman–Crippen MR) is 83.8 cm³/mol. The fourth-order valence-electron chi connectivity index (χ4n) is 3.35. The Kier molecular flexibility index (Phi) is 6.58. The second-order valence-corrected chi connectivity index (χ2v) is 7.20. The summed E-state index contributed by atoms with van der Waals surface area (Å²) in [7, 11) is 0. The van der Waals surface area contributed by atoms with Crippen LogP contribution in [0.3, 0.4) is 0 Å². The summed E-state index contributed by atoms with van der Waals surface area (Å²) in [6.07, 6.45) is 4.94. The molecule has 0 amide bonds. The molecular weight excluding hydrogens is 240 g/mol. The Balaban J connectivity index is 2.59. The highest BCUT2D eigenvalue weighted by Crippen LogP contribution is 2.31. The Morgan fingerprint density at radius 2 is 1.78 bits per heavy atom. The summed E-state index contributed by atoms with van der Waals surface area (Å²) >= 11 is 5.03. The van der Waals surface area contributed by atoms with Gasteiger partial charge in [0.25, 0.3) is 0 Å². The molecule has 0 aromatic carbocycles. The fraction of sp³-hybridized carbons (Fsp3) is 0.933. The van der Waals surface area contributed by atoms with Gasteiger partial charge in [-0.25, -0.2) is 0 Å². The van der Waals surface area contributed by atoms with Gasteiger partial charge in [0.1, 0.15) is 0 Å². The highest BCUT2D eigenvalue weighted by atomic mass is 32.1. The third-order valence-corrected chi connectivity index (χ3v) is 4.12. The van der Waals surface area contributed by atoms with Gasteiger partial charge in [-0.15, -0.1) is 0 Å². The smallest absolute Gasteiger partial charge is 0.0740 e. The monoisotopic (exact) mass is 270 g/mol. The lowest BCUT2D eigenvalue weighted by Gasteiger charge is -2.40. The molecule has 0 aliphatic heterocycles. The second-order valence-electron chi connectivity index (χ2n) is 6.68. The molecule has 0 bridgehead atoms. The van der Waals surface area contributed by atoms with Crippen molar-refractivity contribution in [1.82, 2.24) is 4.90 Å². The fourth-order valence-corrected chi connectivity index (χ4v) is 3.44. The third-order valence-electron chi connectivity index (χ3n) is 3.92. The zero-order valence-electron chi connectivity index (χ0n) is 12.5. The molecule has 1 fully saturated rings. The Morgan fingerprint density at radius 3 is 2.22 bits per heavy atom. The van der Waals surface area contributed by atoms with Crippen LogP contribution >= 0.6 is 12.2 Å². The minimum atomic E-state index is 0.653. The quantitative estimate of drug-likeness (QED) is 0.750. The van der Waals surface area contributed by atoms with E-state index in [0.717, 1.165) is 30.8 Å². The topological polar surface area (TPSA) is 29.3 Å². The van der Waals surface area contributed by atoms with Crippen molar-refractivity contribution in [3.05, 3.63) is 0 Å². The number of hydrogen-bond acceptors (Lipinski definition) is 2. The number of rotatable bonds is 6. The maximum Gasteiger partial charge on any atom is 0.0740 e. The van der Waals surface area contributed by atoms with Gasteiger partial charge in [0.15, 0.2) is 0 Å². The predicted octanol–water partition coefficient (Wildman–Crippen LogP) is 3.45. The highest BCUT2D eigenvalue weighted by molar-refractivity contribution is 7.80. The van der Waals surface area contributed by atoms with Crippen molar-refractivity contribution >= 4 is 17.2 Å². The van der Waals surface area contributed by atoms with E-state index in [1.165, 1.54) is 25.8 Å². The average molecular weight is 270 g/mol. The van der Waals surface area contributed by atoms with Crippen molar-refractivity contribution in [3.8, 4) is 0 Å². The molecule has 0 aromatic heterocycles. The largest absolute Gasteiger partial charge is 0.393 e. The van der Waals surface area contributed by atoms with Crippen LogP contribution in [0.2, 0.25) is 0 Å². The molecule has 1 aliphatic rings. The van der Waals surface area contributed by atoms with E-state index >= 15 is 0 Å². The number of hydrogen-bond donors (Lipinski definition) is 1. The summed E-state index contributed by atoms with van der Waals surface area (Å²) in [5.41, 5.74) is 5.66. The van der Waals surface area contributed by atoms with E-state index in [9.17, 15) is 0 Å². The first-order valence-electron chi connectivity index (χ1n) is 7.40. The number of thiocarbonyl (C=S) groups is 1. The summed E-state index contributed by atoms with van der Waals surface area (Å²) in [4.78, 5) is 3.29. The maximum absolute atomic E-state index is 5.66. The lowest BCUT2D eigenvalue weighted by molar-refractivity contribution is 0.101. The van der Waals surface area contributed by atoms with Crippen LogP contribution in [0.15, 0.2) is 0 Å². The van der Waals surface area contributed by atoms with E-state index in [1.54, 1.807) is 0 Å². The Hall–Kier alpha value is -0.150. The molecule has 2 unspecified atom stereocenters. The van der Waals surface area contributed by atoms with E-state index in [-0.39, 0.29) is 0 Å². The summed E-state index contributed by atoms with van der Waals surface area (Å²) in [6, 6.07) is 0.737. The van der Waals surface area contributed by atoms with Crippen molar-refractivity contribution in [1.29, 1.82) is 0 Å². The molecule has 18 heavy (non-hydrogen) atoms. The van der Waals surface area contributed by atoms with Crippen molar-refractivity contribution < 1.29 is 0 Å². The first-order valence-corrected chi connectivity index (χ1v) is 7.81. The number of nitrogens with two attached hydrogens (primary N) is 1. The molecule has 2 N–H and O–H groups in total. The lowest BCUT2D eigenvalue weighted by atomic mass is 9.79. The first-order chi connectivity index (χ1) is 8.38. The van der Waals surface area contributed by atoms with Gasteiger partial charge < -0.3 is 5.73 Å². The zero-order valence-corrected chi connectivity index (χ0v) is 13.3. The first kappa shape index (κ1) is 15.9. The van der Waals surface area contributed by atoms with Gasteiger partial charge in [-0.05, 0) is 37.0 Å². The van der Waals surface area contributed by atoms with Gasteiger partial charge in [0, 0.05) is 25.6 Å². The van der Waals surface area contributed by atoms with Crippen LogP contribution in [0.5, 0.6) is 0 Å². The SMILES string of the molecule is CC(C)CN(CCC(N)=S)C1CC(C)CC(C)C1. The van der Waals surface area contributed by atoms with Crippen molar-refractivity contribution in [3.63, 3.8) is 0 Å². The van der Waals surface area contributed by atoms with Crippen molar-refractivity contribution in [2.24, 2.45) is 23.5 Å². The van der Waals surface area contributed by atoms with Crippen molar-refractivity contribution in [2.75, 3.05) is 13.1 Å². The molecular formula is C15H30N2S. The summed E-state index contributed by atoms with van der Waals surface area (Å²) in [5.74, 6) is 2.43. The summed E-state index contributed by atoms with van der Waals surface area (Å²) in [6.45, 7) is 11.6. The molecule has 0 aromatic rings. The molecule has 1 rings (SSSR count). The van der Waals surface area contributed by atoms with E-state index in [0.29, 0.717) is 10.9 Å². The Labute approximate surface area is 118 Å². The maximum atomic E-state index is 5.66. The molecule has 1 saturated carbocycles. The normalized spacial score (nSPS) is 28.9. The van der Waals surface area contributed by atoms with Crippen LogP contribution in [0.25, 0.3) is 0 Å². The molecule has 2 atom stereocenters. The van der Waals surface area contributed by atoms with Crippen LogP contribution in [0.1, 0.15) is 53.4 Å². The second kappa shape index (κ2) is 7.44. The minimum absolute atomic E-state index is 0.653. The zero-order chi connectivity index (χ0) is 13.7. The van der Waals surface area contributed by atoms with Gasteiger partial charge in [0.05, 0.1) is 4.99 Å². The Morgan fingerprint density at radius 1 is 1.22 bits per heavy atom. The van der Waals surface area contributed by atoms with Gasteiger partial charge in [-0.1, -0.05) is 39.9 Å². The van der Waals surface area contributed by atoms with Crippen LogP contribution in [-0.4, -0.2) is 29.0 Å². The highest BCUT2D eigenvalue weighted by Gasteiger charge is 2.28. The van der Waals surface area contributed by atoms with E-state index in [2.05, 4.69) is 32.6 Å². The minimum Gasteiger partial charge on any atom is -0.393 e. The van der Waals surface area contributed by atoms with Crippen molar-refractivity contribution in [2.45, 2.75) is 59.4 Å². The van der Waals surface area contributed by atoms with Crippen LogP contribution in [0, 0.1) is 17.8 Å². The molecule has 0 spiro atoms. The molecule has 106 valence electrons. The third kappa shape index (κ3) is 5.66. The van der Waals surface area contributed by atoms with E-state index < -0.39 is 0 Å². The number of nitrogens with zero attached hydrogens (tertiary/aromatic N) is 1. The lowest BCUT2D eigenvalue weighted by Crippen LogP contribution is -2.43. The molecule has 3 heteroatoms. The molecule has 0 radical (unpaired) electrons. The van der Waals surface area contributed by atoms with Gasteiger partial charge >= 0.3 is 0 Å². The molecule has 0 saturated heterocycles. The molecule has 2 nitrogen and oxygen atoms in total. The van der Waals surface area contributed by atoms with Crippen LogP contribution in [0.4, 0.5) is 0 Å². The average Bonchev–Trinajstić information content (AvgIpc) is 2.22. The van der Waals surface area contributed by atoms with Crippen LogP contribution in [-0.2, 0) is 0 Å². The van der Waals surface area contributed by atoms with Crippen LogP contribution < -0.4 is 5.73 Å². The summed E-state index contributed by atoms with van der Waals surface area (Å²) < 4.78 is 0. The van der Waals surface area contributed by atoms with E-state index in [1.807, 2.05) is 0 Å². The van der Waals surface area contributed by atoms with Gasteiger partial charge in [-0.3, -0.25) is 4.90 Å². The molecule has 0 heterocycles. The summed E-state index contributed by atoms with van der Waals surface area (Å²) in [5, 5.41) is 0. The van der Waals surface area contributed by atoms with Gasteiger partial charge in [-0.2, -0.15) is 0 Å². The van der Waals surface area contributed by atoms with Gasteiger partial charge in [0.2, 0.25) is 0 Å². The molecule has 1 aliphatic carbocycles.